The molecule has 0 saturated carbocycles. The first-order valence-corrected chi connectivity index (χ1v) is 12.7. The van der Waals surface area contributed by atoms with Gasteiger partial charge in [0.15, 0.2) is 0 Å². The smallest absolute Gasteiger partial charge is 0.270 e. The van der Waals surface area contributed by atoms with Crippen LogP contribution in [0.3, 0.4) is 0 Å². The zero-order chi connectivity index (χ0) is 22.7. The zero-order valence-electron chi connectivity index (χ0n) is 17.7. The summed E-state index contributed by atoms with van der Waals surface area (Å²) in [6, 6.07) is 8.61. The average molecular weight is 479 g/mol. The lowest BCUT2D eigenvalue weighted by atomic mass is 9.99. The summed E-state index contributed by atoms with van der Waals surface area (Å²) in [5, 5.41) is 3.52. The van der Waals surface area contributed by atoms with Gasteiger partial charge in [0.05, 0.1) is 5.92 Å². The van der Waals surface area contributed by atoms with Gasteiger partial charge in [-0.3, -0.25) is 9.59 Å². The van der Waals surface area contributed by atoms with E-state index in [4.69, 9.17) is 11.6 Å². The van der Waals surface area contributed by atoms with Crippen LogP contribution in [0.1, 0.15) is 41.7 Å². The topological polar surface area (TPSA) is 103 Å². The number of nitrogens with one attached hydrogen (secondary N) is 2. The minimum Gasteiger partial charge on any atom is -0.356 e. The highest BCUT2D eigenvalue weighted by molar-refractivity contribution is 7.89. The second-order valence-corrected chi connectivity index (χ2v) is 10.7. The molecule has 1 atom stereocenters. The fourth-order valence-corrected chi connectivity index (χ4v) is 5.84. The highest BCUT2D eigenvalue weighted by Crippen LogP contribution is 2.25. The van der Waals surface area contributed by atoms with Crippen LogP contribution in [0.2, 0.25) is 5.02 Å². The molecule has 3 heterocycles. The Morgan fingerprint density at radius 2 is 1.81 bits per heavy atom. The number of H-pyrrole nitrogens is 1. The summed E-state index contributed by atoms with van der Waals surface area (Å²) in [6.45, 7) is 2.22. The van der Waals surface area contributed by atoms with Gasteiger partial charge >= 0.3 is 0 Å². The molecular weight excluding hydrogens is 452 g/mol. The average Bonchev–Trinajstić information content (AvgIpc) is 3.51. The first-order valence-electron chi connectivity index (χ1n) is 10.8. The fraction of sp³-hybridized carbons (Fsp3) is 0.455. The maximum atomic E-state index is 13.2. The number of carbonyl (C=O) groups is 2. The van der Waals surface area contributed by atoms with Crippen molar-refractivity contribution in [2.24, 2.45) is 5.92 Å². The molecule has 4 rings (SSSR count). The lowest BCUT2D eigenvalue weighted by Gasteiger charge is -2.31. The molecule has 8 nitrogen and oxygen atoms in total. The zero-order valence-corrected chi connectivity index (χ0v) is 19.3. The Morgan fingerprint density at radius 1 is 1.09 bits per heavy atom. The summed E-state index contributed by atoms with van der Waals surface area (Å²) in [5.74, 6) is -0.767. The molecule has 2 fully saturated rings. The van der Waals surface area contributed by atoms with Crippen LogP contribution in [0, 0.1) is 5.92 Å². The number of sulfonamides is 1. The summed E-state index contributed by atoms with van der Waals surface area (Å²) in [6.07, 6.45) is 4.52. The van der Waals surface area contributed by atoms with Crippen molar-refractivity contribution in [2.75, 3.05) is 26.2 Å². The minimum absolute atomic E-state index is 0.0577. The number of benzene rings is 1. The second-order valence-electron chi connectivity index (χ2n) is 8.29. The van der Waals surface area contributed by atoms with Gasteiger partial charge in [-0.1, -0.05) is 23.7 Å². The van der Waals surface area contributed by atoms with E-state index in [-0.39, 0.29) is 28.9 Å². The molecule has 0 spiro atoms. The summed E-state index contributed by atoms with van der Waals surface area (Å²) >= 11 is 5.88. The van der Waals surface area contributed by atoms with E-state index in [1.807, 2.05) is 12.1 Å². The van der Waals surface area contributed by atoms with E-state index < -0.39 is 15.9 Å². The van der Waals surface area contributed by atoms with Gasteiger partial charge in [-0.2, -0.15) is 4.31 Å². The normalized spacial score (nSPS) is 19.8. The summed E-state index contributed by atoms with van der Waals surface area (Å²) in [7, 11) is -3.80. The first kappa shape index (κ1) is 22.8. The molecule has 32 heavy (non-hydrogen) atoms. The van der Waals surface area contributed by atoms with Gasteiger partial charge < -0.3 is 15.2 Å². The standard InChI is InChI=1S/C22H27ClN4O4S/c23-18-7-5-16(6-8-18)13-25-21(28)17-4-3-11-27(15-17)32(30,31)19-12-20(24-14-19)22(29)26-9-1-2-10-26/h5-8,12,14,17,24H,1-4,9-11,13,15H2,(H,25,28)/t17-/m0/s1. The third kappa shape index (κ3) is 5.00. The van der Waals surface area contributed by atoms with Crippen LogP contribution in [-0.2, 0) is 21.4 Å². The number of rotatable bonds is 6. The van der Waals surface area contributed by atoms with Crippen molar-refractivity contribution < 1.29 is 18.0 Å². The Bertz CT molecular complexity index is 1080. The van der Waals surface area contributed by atoms with Crippen LogP contribution in [0.4, 0.5) is 0 Å². The number of likely N-dealkylation sites (tertiary alicyclic amines) is 1. The molecule has 2 N–H and O–H groups in total. The number of aromatic amines is 1. The van der Waals surface area contributed by atoms with Gasteiger partial charge in [0.1, 0.15) is 10.6 Å². The van der Waals surface area contributed by atoms with Crippen molar-refractivity contribution in [3.05, 3.63) is 52.8 Å². The maximum Gasteiger partial charge on any atom is 0.270 e. The van der Waals surface area contributed by atoms with Crippen molar-refractivity contribution in [1.82, 2.24) is 19.5 Å². The third-order valence-corrected chi connectivity index (χ3v) is 8.15. The minimum atomic E-state index is -3.80. The Labute approximate surface area is 193 Å². The van der Waals surface area contributed by atoms with Crippen molar-refractivity contribution >= 4 is 33.4 Å². The number of piperidine rings is 1. The van der Waals surface area contributed by atoms with E-state index in [9.17, 15) is 18.0 Å². The molecule has 0 unspecified atom stereocenters. The van der Waals surface area contributed by atoms with Gasteiger partial charge in [-0.25, -0.2) is 8.42 Å². The first-order chi connectivity index (χ1) is 15.3. The van der Waals surface area contributed by atoms with E-state index in [2.05, 4.69) is 10.3 Å². The largest absolute Gasteiger partial charge is 0.356 e. The number of halogens is 1. The molecule has 2 aromatic rings. The molecule has 2 aliphatic heterocycles. The lowest BCUT2D eigenvalue weighted by Crippen LogP contribution is -2.45. The number of amides is 2. The molecule has 2 amide bonds. The van der Waals surface area contributed by atoms with Gasteiger partial charge in [0.25, 0.3) is 5.91 Å². The van der Waals surface area contributed by atoms with Crippen molar-refractivity contribution in [1.29, 1.82) is 0 Å². The lowest BCUT2D eigenvalue weighted by molar-refractivity contribution is -0.126. The molecule has 2 saturated heterocycles. The monoisotopic (exact) mass is 478 g/mol. The van der Waals surface area contributed by atoms with Crippen LogP contribution in [0.25, 0.3) is 0 Å². The Morgan fingerprint density at radius 3 is 2.53 bits per heavy atom. The fourth-order valence-electron chi connectivity index (χ4n) is 4.20. The van der Waals surface area contributed by atoms with E-state index in [0.717, 1.165) is 18.4 Å². The van der Waals surface area contributed by atoms with Gasteiger partial charge in [0, 0.05) is 43.9 Å². The third-order valence-electron chi connectivity index (χ3n) is 6.05. The maximum absolute atomic E-state index is 13.2. The Balaban J connectivity index is 1.39. The molecule has 2 aliphatic rings. The number of aromatic nitrogens is 1. The Kier molecular flexibility index (Phi) is 6.88. The van der Waals surface area contributed by atoms with E-state index in [1.165, 1.54) is 16.6 Å². The van der Waals surface area contributed by atoms with Crippen LogP contribution in [0.15, 0.2) is 41.4 Å². The van der Waals surface area contributed by atoms with Crippen molar-refractivity contribution in [3.8, 4) is 0 Å². The molecule has 0 radical (unpaired) electrons. The van der Waals surface area contributed by atoms with E-state index >= 15 is 0 Å². The number of hydrogen-bond donors (Lipinski definition) is 2. The summed E-state index contributed by atoms with van der Waals surface area (Å²) < 4.78 is 27.7. The Hall–Kier alpha value is -2.36. The van der Waals surface area contributed by atoms with Crippen LogP contribution < -0.4 is 5.32 Å². The highest BCUT2D eigenvalue weighted by atomic mass is 35.5. The quantitative estimate of drug-likeness (QED) is 0.666. The molecular formula is C22H27ClN4O4S. The SMILES string of the molecule is O=C(NCc1ccc(Cl)cc1)[C@H]1CCCN(S(=O)(=O)c2c[nH]c(C(=O)N3CCCC3)c2)C1. The molecule has 0 bridgehead atoms. The van der Waals surface area contributed by atoms with Crippen molar-refractivity contribution in [2.45, 2.75) is 37.1 Å². The van der Waals surface area contributed by atoms with Crippen LogP contribution >= 0.6 is 11.6 Å². The summed E-state index contributed by atoms with van der Waals surface area (Å²) in [4.78, 5) is 29.8. The summed E-state index contributed by atoms with van der Waals surface area (Å²) in [5.41, 5.74) is 1.20. The molecule has 1 aromatic carbocycles. The van der Waals surface area contributed by atoms with Crippen LogP contribution in [0.5, 0.6) is 0 Å². The number of nitrogens with zero attached hydrogens (tertiary/aromatic N) is 2. The van der Waals surface area contributed by atoms with E-state index in [0.29, 0.717) is 44.0 Å². The van der Waals surface area contributed by atoms with Gasteiger partial charge in [-0.15, -0.1) is 0 Å². The highest BCUT2D eigenvalue weighted by Gasteiger charge is 2.34. The van der Waals surface area contributed by atoms with E-state index in [1.54, 1.807) is 17.0 Å². The molecule has 0 aliphatic carbocycles. The number of carbonyl (C=O) groups excluding carboxylic acids is 2. The van der Waals surface area contributed by atoms with Gasteiger partial charge in [-0.05, 0) is 49.4 Å². The van der Waals surface area contributed by atoms with Crippen molar-refractivity contribution in [3.63, 3.8) is 0 Å². The molecule has 172 valence electrons. The second kappa shape index (κ2) is 9.64. The molecule has 10 heteroatoms. The predicted octanol–water partition coefficient (Wildman–Crippen LogP) is 2.62. The predicted molar refractivity (Wildman–Crippen MR) is 121 cm³/mol. The number of hydrogen-bond acceptors (Lipinski definition) is 4. The van der Waals surface area contributed by atoms with Crippen LogP contribution in [-0.4, -0.2) is 60.6 Å². The molecule has 1 aromatic heterocycles. The van der Waals surface area contributed by atoms with Gasteiger partial charge in [0.2, 0.25) is 15.9 Å².